The number of benzene rings is 1. The van der Waals surface area contributed by atoms with E-state index < -0.39 is 0 Å². The SMILES string of the molecule is CCOC(=O)[C@@H]1CCCN(Cc2ccccc2[N+](=O)[O-])C1. The van der Waals surface area contributed by atoms with Gasteiger partial charge in [0.1, 0.15) is 0 Å². The summed E-state index contributed by atoms with van der Waals surface area (Å²) in [5.41, 5.74) is 0.822. The highest BCUT2D eigenvalue weighted by Gasteiger charge is 2.27. The molecule has 1 atom stereocenters. The molecule has 6 nitrogen and oxygen atoms in total. The van der Waals surface area contributed by atoms with Gasteiger partial charge in [-0.2, -0.15) is 0 Å². The molecule has 0 spiro atoms. The predicted molar refractivity (Wildman–Crippen MR) is 77.7 cm³/mol. The topological polar surface area (TPSA) is 72.7 Å². The number of carbonyl (C=O) groups excluding carboxylic acids is 1. The van der Waals surface area contributed by atoms with E-state index in [0.717, 1.165) is 19.4 Å². The van der Waals surface area contributed by atoms with Crippen LogP contribution in [0.3, 0.4) is 0 Å². The van der Waals surface area contributed by atoms with Gasteiger partial charge >= 0.3 is 5.97 Å². The fourth-order valence-electron chi connectivity index (χ4n) is 2.72. The van der Waals surface area contributed by atoms with E-state index in [-0.39, 0.29) is 22.5 Å². The van der Waals surface area contributed by atoms with Gasteiger partial charge in [-0.3, -0.25) is 19.8 Å². The quantitative estimate of drug-likeness (QED) is 0.473. The maximum Gasteiger partial charge on any atom is 0.310 e. The molecule has 0 unspecified atom stereocenters. The van der Waals surface area contributed by atoms with Crippen molar-refractivity contribution in [3.8, 4) is 0 Å². The Kier molecular flexibility index (Phi) is 5.27. The first kappa shape index (κ1) is 15.4. The first-order valence-corrected chi connectivity index (χ1v) is 7.23. The van der Waals surface area contributed by atoms with Crippen LogP contribution < -0.4 is 0 Å². The van der Waals surface area contributed by atoms with E-state index >= 15 is 0 Å². The zero-order valence-electron chi connectivity index (χ0n) is 12.2. The molecule has 1 aliphatic rings. The van der Waals surface area contributed by atoms with Crippen molar-refractivity contribution < 1.29 is 14.5 Å². The Labute approximate surface area is 123 Å². The number of carbonyl (C=O) groups is 1. The molecule has 0 aromatic heterocycles. The minimum absolute atomic E-state index is 0.124. The fourth-order valence-corrected chi connectivity index (χ4v) is 2.72. The predicted octanol–water partition coefficient (Wildman–Crippen LogP) is 2.37. The molecule has 0 radical (unpaired) electrons. The first-order valence-electron chi connectivity index (χ1n) is 7.23. The molecule has 1 aromatic rings. The van der Waals surface area contributed by atoms with Gasteiger partial charge < -0.3 is 4.74 Å². The van der Waals surface area contributed by atoms with Crippen molar-refractivity contribution >= 4 is 11.7 Å². The average molecular weight is 292 g/mol. The highest BCUT2D eigenvalue weighted by Crippen LogP contribution is 2.24. The van der Waals surface area contributed by atoms with Gasteiger partial charge in [0.25, 0.3) is 5.69 Å². The number of esters is 1. The summed E-state index contributed by atoms with van der Waals surface area (Å²) < 4.78 is 5.07. The molecule has 114 valence electrons. The number of rotatable bonds is 5. The van der Waals surface area contributed by atoms with E-state index in [1.165, 1.54) is 6.07 Å². The zero-order chi connectivity index (χ0) is 15.2. The molecular weight excluding hydrogens is 272 g/mol. The summed E-state index contributed by atoms with van der Waals surface area (Å²) in [6, 6.07) is 6.75. The third kappa shape index (κ3) is 4.01. The number of nitrogens with zero attached hydrogens (tertiary/aromatic N) is 2. The van der Waals surface area contributed by atoms with E-state index in [2.05, 4.69) is 4.90 Å². The lowest BCUT2D eigenvalue weighted by molar-refractivity contribution is -0.385. The molecule has 0 amide bonds. The van der Waals surface area contributed by atoms with Gasteiger partial charge in [-0.05, 0) is 26.3 Å². The van der Waals surface area contributed by atoms with Crippen LogP contribution in [-0.4, -0.2) is 35.5 Å². The molecule has 21 heavy (non-hydrogen) atoms. The fraction of sp³-hybridized carbons (Fsp3) is 0.533. The third-order valence-electron chi connectivity index (χ3n) is 3.71. The summed E-state index contributed by atoms with van der Waals surface area (Å²) in [5, 5.41) is 11.0. The van der Waals surface area contributed by atoms with Crippen LogP contribution in [0.25, 0.3) is 0 Å². The molecule has 1 fully saturated rings. The largest absolute Gasteiger partial charge is 0.466 e. The van der Waals surface area contributed by atoms with E-state index in [1.54, 1.807) is 25.1 Å². The lowest BCUT2D eigenvalue weighted by Crippen LogP contribution is -2.39. The molecule has 0 N–H and O–H groups in total. The third-order valence-corrected chi connectivity index (χ3v) is 3.71. The minimum Gasteiger partial charge on any atom is -0.466 e. The number of likely N-dealkylation sites (tertiary alicyclic amines) is 1. The monoisotopic (exact) mass is 292 g/mol. The minimum atomic E-state index is -0.359. The standard InChI is InChI=1S/C15H20N2O4/c1-2-21-15(18)13-7-5-9-16(11-13)10-12-6-3-4-8-14(12)17(19)20/h3-4,6,8,13H,2,5,7,9-11H2,1H3/t13-/m1/s1. The zero-order valence-corrected chi connectivity index (χ0v) is 12.2. The number of hydrogen-bond donors (Lipinski definition) is 0. The summed E-state index contributed by atoms with van der Waals surface area (Å²) in [7, 11) is 0. The Balaban J connectivity index is 2.03. The Morgan fingerprint density at radius 3 is 2.95 bits per heavy atom. The van der Waals surface area contributed by atoms with Crippen molar-refractivity contribution in [2.45, 2.75) is 26.3 Å². The summed E-state index contributed by atoms with van der Waals surface area (Å²) in [4.78, 5) is 24.6. The van der Waals surface area contributed by atoms with Gasteiger partial charge in [0, 0.05) is 24.7 Å². The Morgan fingerprint density at radius 2 is 2.24 bits per heavy atom. The maximum absolute atomic E-state index is 11.8. The molecule has 1 aromatic carbocycles. The highest BCUT2D eigenvalue weighted by molar-refractivity contribution is 5.72. The maximum atomic E-state index is 11.8. The smallest absolute Gasteiger partial charge is 0.310 e. The van der Waals surface area contributed by atoms with Crippen molar-refractivity contribution in [3.05, 3.63) is 39.9 Å². The van der Waals surface area contributed by atoms with Gasteiger partial charge in [0.15, 0.2) is 0 Å². The van der Waals surface area contributed by atoms with Gasteiger partial charge in [-0.1, -0.05) is 18.2 Å². The molecule has 1 saturated heterocycles. The number of para-hydroxylation sites is 1. The summed E-state index contributed by atoms with van der Waals surface area (Å²) in [6.45, 7) is 4.13. The Morgan fingerprint density at radius 1 is 1.48 bits per heavy atom. The number of hydrogen-bond acceptors (Lipinski definition) is 5. The van der Waals surface area contributed by atoms with E-state index in [9.17, 15) is 14.9 Å². The first-order chi connectivity index (χ1) is 10.1. The number of nitro benzene ring substituents is 1. The molecule has 0 aliphatic carbocycles. The number of nitro groups is 1. The highest BCUT2D eigenvalue weighted by atomic mass is 16.6. The number of piperidine rings is 1. The van der Waals surface area contributed by atoms with Crippen LogP contribution in [0.2, 0.25) is 0 Å². The molecule has 2 rings (SSSR count). The van der Waals surface area contributed by atoms with Crippen LogP contribution in [0.15, 0.2) is 24.3 Å². The van der Waals surface area contributed by atoms with Crippen molar-refractivity contribution in [3.63, 3.8) is 0 Å². The van der Waals surface area contributed by atoms with Crippen LogP contribution in [0, 0.1) is 16.0 Å². The van der Waals surface area contributed by atoms with Crippen molar-refractivity contribution in [2.24, 2.45) is 5.92 Å². The van der Waals surface area contributed by atoms with E-state index in [0.29, 0.717) is 25.3 Å². The van der Waals surface area contributed by atoms with Crippen molar-refractivity contribution in [2.75, 3.05) is 19.7 Å². The van der Waals surface area contributed by atoms with Gasteiger partial charge in [-0.25, -0.2) is 0 Å². The van der Waals surface area contributed by atoms with Gasteiger partial charge in [0.05, 0.1) is 17.4 Å². The van der Waals surface area contributed by atoms with Crippen molar-refractivity contribution in [1.82, 2.24) is 4.90 Å². The second-order valence-corrected chi connectivity index (χ2v) is 5.21. The lowest BCUT2D eigenvalue weighted by Gasteiger charge is -2.31. The van der Waals surface area contributed by atoms with Crippen LogP contribution in [0.1, 0.15) is 25.3 Å². The van der Waals surface area contributed by atoms with Gasteiger partial charge in [-0.15, -0.1) is 0 Å². The van der Waals surface area contributed by atoms with E-state index in [4.69, 9.17) is 4.74 Å². The summed E-state index contributed by atoms with van der Waals surface area (Å²) in [5.74, 6) is -0.286. The Bertz CT molecular complexity index is 518. The summed E-state index contributed by atoms with van der Waals surface area (Å²) in [6.07, 6.45) is 1.73. The van der Waals surface area contributed by atoms with Gasteiger partial charge in [0.2, 0.25) is 0 Å². The number of ether oxygens (including phenoxy) is 1. The van der Waals surface area contributed by atoms with Crippen LogP contribution in [-0.2, 0) is 16.1 Å². The average Bonchev–Trinajstić information content (AvgIpc) is 2.48. The Hall–Kier alpha value is -1.95. The van der Waals surface area contributed by atoms with E-state index in [1.807, 2.05) is 0 Å². The second kappa shape index (κ2) is 7.17. The second-order valence-electron chi connectivity index (χ2n) is 5.21. The molecule has 6 heteroatoms. The van der Waals surface area contributed by atoms with Crippen molar-refractivity contribution in [1.29, 1.82) is 0 Å². The molecule has 0 saturated carbocycles. The molecule has 1 aliphatic heterocycles. The molecule has 1 heterocycles. The summed E-state index contributed by atoms with van der Waals surface area (Å²) >= 11 is 0. The lowest BCUT2D eigenvalue weighted by atomic mass is 9.97. The normalized spacial score (nSPS) is 19.2. The van der Waals surface area contributed by atoms with Crippen LogP contribution >= 0.6 is 0 Å². The molecular formula is C15H20N2O4. The molecule has 0 bridgehead atoms. The van der Waals surface area contributed by atoms with Crippen LogP contribution in [0.4, 0.5) is 5.69 Å². The van der Waals surface area contributed by atoms with Crippen LogP contribution in [0.5, 0.6) is 0 Å².